The Bertz CT molecular complexity index is 579. The van der Waals surface area contributed by atoms with Crippen LogP contribution in [0.25, 0.3) is 11.5 Å². The zero-order chi connectivity index (χ0) is 13.1. The zero-order valence-electron chi connectivity index (χ0n) is 9.58. The molecule has 0 atom stereocenters. The first-order valence-corrected chi connectivity index (χ1v) is 5.21. The van der Waals surface area contributed by atoms with E-state index in [1.54, 1.807) is 13.0 Å². The largest absolute Gasteiger partial charge is 0.506 e. The number of benzene rings is 1. The minimum absolute atomic E-state index is 0.0381. The van der Waals surface area contributed by atoms with Gasteiger partial charge in [-0.05, 0) is 30.3 Å². The number of hydrogen-bond donors (Lipinski definition) is 2. The molecule has 0 bridgehead atoms. The van der Waals surface area contributed by atoms with E-state index in [1.807, 2.05) is 0 Å². The average molecular weight is 249 g/mol. The maximum absolute atomic E-state index is 11.3. The van der Waals surface area contributed by atoms with Gasteiger partial charge in [0.25, 0.3) is 11.7 Å². The maximum atomic E-state index is 11.3. The number of nitrogens with zero attached hydrogens (tertiary/aromatic N) is 2. The molecule has 0 amide bonds. The summed E-state index contributed by atoms with van der Waals surface area (Å²) in [6.07, 6.45) is 0. The van der Waals surface area contributed by atoms with E-state index in [9.17, 15) is 9.90 Å². The lowest BCUT2D eigenvalue weighted by Gasteiger charge is -1.99. The molecule has 0 aliphatic rings. The summed E-state index contributed by atoms with van der Waals surface area (Å²) >= 11 is 0. The Kier molecular flexibility index (Phi) is 3.13. The highest BCUT2D eigenvalue weighted by atomic mass is 16.5. The van der Waals surface area contributed by atoms with E-state index >= 15 is 0 Å². The molecule has 2 rings (SSSR count). The third-order valence-corrected chi connectivity index (χ3v) is 2.16. The number of hydrogen-bond acceptors (Lipinski definition) is 7. The van der Waals surface area contributed by atoms with E-state index in [2.05, 4.69) is 10.1 Å². The van der Waals surface area contributed by atoms with Gasteiger partial charge < -0.3 is 20.1 Å². The number of nitrogen functional groups attached to an aromatic ring is 1. The standard InChI is InChI=1S/C11H11N3O4/c1-2-17-11(16)9-13-10(18-14-9)6-3-4-8(15)7(12)5-6/h3-5,15H,2,12H2,1H3. The highest BCUT2D eigenvalue weighted by Gasteiger charge is 2.17. The molecule has 18 heavy (non-hydrogen) atoms. The Morgan fingerprint density at radius 2 is 2.33 bits per heavy atom. The number of ether oxygens (including phenoxy) is 1. The molecule has 0 fully saturated rings. The van der Waals surface area contributed by atoms with E-state index in [0.29, 0.717) is 5.56 Å². The predicted octanol–water partition coefficient (Wildman–Crippen LogP) is 1.20. The summed E-state index contributed by atoms with van der Waals surface area (Å²) in [5, 5.41) is 12.8. The number of carbonyl (C=O) groups is 1. The lowest BCUT2D eigenvalue weighted by atomic mass is 10.2. The van der Waals surface area contributed by atoms with E-state index in [4.69, 9.17) is 15.0 Å². The van der Waals surface area contributed by atoms with Gasteiger partial charge in [-0.3, -0.25) is 0 Å². The minimum Gasteiger partial charge on any atom is -0.506 e. The second kappa shape index (κ2) is 4.74. The van der Waals surface area contributed by atoms with Crippen LogP contribution in [0.1, 0.15) is 17.5 Å². The van der Waals surface area contributed by atoms with Gasteiger partial charge in [0.05, 0.1) is 12.3 Å². The molecular formula is C11H11N3O4. The molecule has 7 nitrogen and oxygen atoms in total. The number of phenolic OH excluding ortho intramolecular Hbond substituents is 1. The van der Waals surface area contributed by atoms with Crippen LogP contribution in [0.2, 0.25) is 0 Å². The smallest absolute Gasteiger partial charge is 0.379 e. The molecule has 0 aliphatic heterocycles. The fraction of sp³-hybridized carbons (Fsp3) is 0.182. The second-order valence-corrected chi connectivity index (χ2v) is 3.42. The van der Waals surface area contributed by atoms with Gasteiger partial charge in [-0.25, -0.2) is 4.79 Å². The molecule has 0 saturated heterocycles. The van der Waals surface area contributed by atoms with E-state index in [1.165, 1.54) is 12.1 Å². The lowest BCUT2D eigenvalue weighted by Crippen LogP contribution is -2.06. The molecule has 1 aromatic carbocycles. The van der Waals surface area contributed by atoms with Gasteiger partial charge in [0.1, 0.15) is 5.75 Å². The number of esters is 1. The maximum Gasteiger partial charge on any atom is 0.379 e. The SMILES string of the molecule is CCOC(=O)c1noc(-c2ccc(O)c(N)c2)n1. The Hall–Kier alpha value is -2.57. The first-order chi connectivity index (χ1) is 8.61. The van der Waals surface area contributed by atoms with Crippen molar-refractivity contribution in [3.05, 3.63) is 24.0 Å². The molecule has 7 heteroatoms. The highest BCUT2D eigenvalue weighted by molar-refractivity contribution is 5.85. The van der Waals surface area contributed by atoms with Gasteiger partial charge in [0.2, 0.25) is 0 Å². The fourth-order valence-corrected chi connectivity index (χ4v) is 1.31. The van der Waals surface area contributed by atoms with Crippen molar-refractivity contribution in [1.29, 1.82) is 0 Å². The minimum atomic E-state index is -0.653. The van der Waals surface area contributed by atoms with Crippen LogP contribution in [-0.4, -0.2) is 27.8 Å². The number of anilines is 1. The second-order valence-electron chi connectivity index (χ2n) is 3.42. The number of carbonyl (C=O) groups excluding carboxylic acids is 1. The van der Waals surface area contributed by atoms with Gasteiger partial charge >= 0.3 is 5.97 Å². The van der Waals surface area contributed by atoms with Crippen molar-refractivity contribution in [2.75, 3.05) is 12.3 Å². The van der Waals surface area contributed by atoms with Gasteiger partial charge in [-0.2, -0.15) is 4.98 Å². The van der Waals surface area contributed by atoms with E-state index in [0.717, 1.165) is 0 Å². The summed E-state index contributed by atoms with van der Waals surface area (Å²) in [5.74, 6) is -0.716. The van der Waals surface area contributed by atoms with E-state index < -0.39 is 5.97 Å². The molecular weight excluding hydrogens is 238 g/mol. The first kappa shape index (κ1) is 11.9. The van der Waals surface area contributed by atoms with Crippen molar-refractivity contribution in [3.8, 4) is 17.2 Å². The van der Waals surface area contributed by atoms with Crippen molar-refractivity contribution in [2.24, 2.45) is 0 Å². The molecule has 1 aromatic heterocycles. The van der Waals surface area contributed by atoms with Gasteiger partial charge in [-0.1, -0.05) is 0 Å². The average Bonchev–Trinajstić information content (AvgIpc) is 2.82. The van der Waals surface area contributed by atoms with Crippen LogP contribution >= 0.6 is 0 Å². The number of nitrogens with two attached hydrogens (primary N) is 1. The van der Waals surface area contributed by atoms with Crippen molar-refractivity contribution in [3.63, 3.8) is 0 Å². The summed E-state index contributed by atoms with van der Waals surface area (Å²) in [5.41, 5.74) is 6.23. The Morgan fingerprint density at radius 3 is 3.00 bits per heavy atom. The number of aromatic nitrogens is 2. The Balaban J connectivity index is 2.29. The Labute approximate surface area is 102 Å². The summed E-state index contributed by atoms with van der Waals surface area (Å²) in [4.78, 5) is 15.2. The van der Waals surface area contributed by atoms with Gasteiger partial charge in [0, 0.05) is 5.56 Å². The normalized spacial score (nSPS) is 10.3. The Morgan fingerprint density at radius 1 is 1.56 bits per heavy atom. The summed E-state index contributed by atoms with van der Waals surface area (Å²) in [6.45, 7) is 1.91. The lowest BCUT2D eigenvalue weighted by molar-refractivity contribution is 0.0508. The topological polar surface area (TPSA) is 111 Å². The molecule has 1 heterocycles. The number of rotatable bonds is 3. The molecule has 2 aromatic rings. The molecule has 3 N–H and O–H groups in total. The fourth-order valence-electron chi connectivity index (χ4n) is 1.31. The molecule has 0 unspecified atom stereocenters. The molecule has 0 spiro atoms. The van der Waals surface area contributed by atoms with Crippen LogP contribution < -0.4 is 5.73 Å². The first-order valence-electron chi connectivity index (χ1n) is 5.21. The van der Waals surface area contributed by atoms with Crippen LogP contribution in [0.15, 0.2) is 22.7 Å². The third-order valence-electron chi connectivity index (χ3n) is 2.16. The van der Waals surface area contributed by atoms with Crippen molar-refractivity contribution < 1.29 is 19.2 Å². The third kappa shape index (κ3) is 2.24. The van der Waals surface area contributed by atoms with Crippen LogP contribution in [0, 0.1) is 0 Å². The summed E-state index contributed by atoms with van der Waals surface area (Å²) in [6, 6.07) is 4.42. The van der Waals surface area contributed by atoms with Crippen LogP contribution in [0.4, 0.5) is 5.69 Å². The van der Waals surface area contributed by atoms with Gasteiger partial charge in [0.15, 0.2) is 0 Å². The zero-order valence-corrected chi connectivity index (χ0v) is 9.58. The number of aromatic hydroxyl groups is 1. The highest BCUT2D eigenvalue weighted by Crippen LogP contribution is 2.26. The van der Waals surface area contributed by atoms with E-state index in [-0.39, 0.29) is 29.8 Å². The van der Waals surface area contributed by atoms with Crippen LogP contribution in [0.3, 0.4) is 0 Å². The molecule has 0 radical (unpaired) electrons. The molecule has 0 saturated carbocycles. The van der Waals surface area contributed by atoms with Crippen molar-refractivity contribution in [1.82, 2.24) is 10.1 Å². The van der Waals surface area contributed by atoms with Crippen LogP contribution in [-0.2, 0) is 4.74 Å². The summed E-state index contributed by atoms with van der Waals surface area (Å²) in [7, 11) is 0. The molecule has 0 aliphatic carbocycles. The monoisotopic (exact) mass is 249 g/mol. The van der Waals surface area contributed by atoms with Crippen LogP contribution in [0.5, 0.6) is 5.75 Å². The van der Waals surface area contributed by atoms with Crippen molar-refractivity contribution >= 4 is 11.7 Å². The summed E-state index contributed by atoms with van der Waals surface area (Å²) < 4.78 is 9.65. The quantitative estimate of drug-likeness (QED) is 0.477. The number of phenols is 1. The van der Waals surface area contributed by atoms with Crippen molar-refractivity contribution in [2.45, 2.75) is 6.92 Å². The molecule has 94 valence electrons. The predicted molar refractivity (Wildman–Crippen MR) is 61.8 cm³/mol. The van der Waals surface area contributed by atoms with Gasteiger partial charge in [-0.15, -0.1) is 0 Å².